The summed E-state index contributed by atoms with van der Waals surface area (Å²) in [5, 5.41) is 77.9. The van der Waals surface area contributed by atoms with Crippen molar-refractivity contribution in [2.45, 2.75) is 288 Å². The van der Waals surface area contributed by atoms with Gasteiger partial charge in [-0.3, -0.25) is 52.7 Å². The number of urea groups is 1. The monoisotopic (exact) mass is 1990 g/mol. The van der Waals surface area contributed by atoms with Gasteiger partial charge in [0.2, 0.25) is 65.0 Å². The van der Waals surface area contributed by atoms with Crippen LogP contribution in [-0.4, -0.2) is 329 Å². The topological polar surface area (TPSA) is 553 Å². The molecule has 3 aromatic rings. The SMILES string of the molecule is CC[C@H](C)[C@@H]([C@@H](CC(=O)N1CCC[C@H]1[C@H](OC)[C@@H](C)C(=O)N[C@H](C)[C@@H](O)c1ccccc1)OC)N(C)C(=O)[C@@H](NC(=O)[C@H](C(C)C)N(C)C(=O)[C@H](CCCNC(N)=O)NC(=O)[C@@H](NC(=O)[C@@H](CCCCNC(=O)COC1CCCCCC(N[C@@H]2O[C@H](CO)[C@H](O)[C@H](O)[C@H]2O)=C1N)NC(=O)CCOCCOCCOCCOCCNC(=O)CCC(=O)N1Cc2ccccc2C#Cc2ccccc21)C(C)C)C(C)C. The Morgan fingerprint density at radius 3 is 1.84 bits per heavy atom. The Bertz CT molecular complexity index is 4600. The van der Waals surface area contributed by atoms with Crippen LogP contribution in [0.3, 0.4) is 0 Å². The molecule has 792 valence electrons. The van der Waals surface area contributed by atoms with Gasteiger partial charge in [0.05, 0.1) is 132 Å². The van der Waals surface area contributed by atoms with E-state index in [0.717, 1.165) is 23.1 Å². The fraction of sp³-hybridized carbons (Fsp3) is 0.667. The maximum absolute atomic E-state index is 15.2. The average molecular weight is 2000 g/mol. The minimum absolute atomic E-state index is 0.00147. The number of anilines is 1. The number of carbonyl (C=O) groups is 12. The number of likely N-dealkylation sites (tertiary alicyclic amines) is 1. The van der Waals surface area contributed by atoms with Crippen LogP contribution in [0, 0.1) is 41.4 Å². The van der Waals surface area contributed by atoms with E-state index in [-0.39, 0.29) is 166 Å². The average Bonchev–Trinajstić information content (AvgIpc) is 1.57. The lowest BCUT2D eigenvalue weighted by atomic mass is 9.89. The van der Waals surface area contributed by atoms with Crippen LogP contribution in [0.1, 0.15) is 207 Å². The number of aliphatic hydroxyl groups excluding tert-OH is 5. The van der Waals surface area contributed by atoms with Crippen LogP contribution in [0.15, 0.2) is 90.3 Å². The summed E-state index contributed by atoms with van der Waals surface area (Å²) in [5.41, 5.74) is 16.6. The summed E-state index contributed by atoms with van der Waals surface area (Å²) in [7, 11) is 5.95. The molecular formula is C102H159N15O25. The van der Waals surface area contributed by atoms with E-state index in [9.17, 15) is 68.7 Å². The van der Waals surface area contributed by atoms with Gasteiger partial charge >= 0.3 is 6.03 Å². The first-order chi connectivity index (χ1) is 67.9. The number of benzene rings is 3. The maximum atomic E-state index is 15.2. The molecule has 2 fully saturated rings. The van der Waals surface area contributed by atoms with Gasteiger partial charge in [-0.05, 0) is 124 Å². The molecule has 0 spiro atoms. The van der Waals surface area contributed by atoms with Crippen LogP contribution < -0.4 is 64.2 Å². The number of unbranched alkanes of at least 4 members (excludes halogenated alkanes) is 1. The Kier molecular flexibility index (Phi) is 51.4. The number of aliphatic hydroxyl groups is 5. The van der Waals surface area contributed by atoms with E-state index in [1.54, 1.807) is 96.5 Å². The smallest absolute Gasteiger partial charge is 0.312 e. The summed E-state index contributed by atoms with van der Waals surface area (Å²) < 4.78 is 46.6. The van der Waals surface area contributed by atoms with Gasteiger partial charge in [-0.25, -0.2) is 4.79 Å². The summed E-state index contributed by atoms with van der Waals surface area (Å²) in [4.78, 5) is 176. The van der Waals surface area contributed by atoms with Crippen molar-refractivity contribution in [3.63, 3.8) is 0 Å². The predicted octanol–water partition coefficient (Wildman–Crippen LogP) is 2.82. The first kappa shape index (κ1) is 118. The van der Waals surface area contributed by atoms with Crippen LogP contribution in [0.25, 0.3) is 0 Å². The number of hydrogen-bond acceptors (Lipinski definition) is 27. The van der Waals surface area contributed by atoms with Crippen molar-refractivity contribution >= 4 is 76.7 Å². The van der Waals surface area contributed by atoms with Crippen molar-refractivity contribution in [3.8, 4) is 11.8 Å². The summed E-state index contributed by atoms with van der Waals surface area (Å²) >= 11 is 0. The Balaban J connectivity index is 0.948. The zero-order valence-corrected chi connectivity index (χ0v) is 85.2. The third-order valence-corrected chi connectivity index (χ3v) is 26.5. The summed E-state index contributed by atoms with van der Waals surface area (Å²) in [6, 6.07) is 14.9. The molecule has 4 aliphatic rings. The number of nitrogens with two attached hydrogens (primary N) is 2. The highest BCUT2D eigenvalue weighted by Gasteiger charge is 2.47. The van der Waals surface area contributed by atoms with Crippen molar-refractivity contribution in [2.24, 2.45) is 41.1 Å². The second-order valence-corrected chi connectivity index (χ2v) is 38.0. The number of nitrogens with one attached hydrogen (secondary N) is 9. The molecule has 3 heterocycles. The lowest BCUT2D eigenvalue weighted by Crippen LogP contribution is -2.62. The van der Waals surface area contributed by atoms with Crippen molar-refractivity contribution in [3.05, 3.63) is 113 Å². The van der Waals surface area contributed by atoms with Crippen LogP contribution in [0.4, 0.5) is 10.5 Å². The molecular weight excluding hydrogens is 1840 g/mol. The van der Waals surface area contributed by atoms with Crippen LogP contribution in [0.2, 0.25) is 0 Å². The Hall–Kier alpha value is -10.5. The van der Waals surface area contributed by atoms with Gasteiger partial charge in [-0.1, -0.05) is 154 Å². The van der Waals surface area contributed by atoms with Gasteiger partial charge in [0.1, 0.15) is 61.2 Å². The molecule has 3 aliphatic heterocycles. The van der Waals surface area contributed by atoms with E-state index >= 15 is 14.4 Å². The van der Waals surface area contributed by atoms with Crippen LogP contribution in [-0.2, 0) is 97.2 Å². The van der Waals surface area contributed by atoms with Gasteiger partial charge in [-0.15, -0.1) is 0 Å². The number of fused-ring (bicyclic) bond motifs is 2. The largest absolute Gasteiger partial charge is 0.399 e. The molecule has 13 amide bonds. The highest BCUT2D eigenvalue weighted by Crippen LogP contribution is 2.33. The molecule has 142 heavy (non-hydrogen) atoms. The first-order valence-electron chi connectivity index (χ1n) is 50.0. The molecule has 0 aromatic heterocycles. The molecule has 1 aliphatic carbocycles. The number of para-hydroxylation sites is 1. The minimum Gasteiger partial charge on any atom is -0.399 e. The third kappa shape index (κ3) is 36.7. The Morgan fingerprint density at radius 2 is 1.19 bits per heavy atom. The van der Waals surface area contributed by atoms with Crippen LogP contribution >= 0.6 is 0 Å². The number of likely N-dealkylation sites (N-methyl/N-ethyl adjacent to an activating group) is 2. The lowest BCUT2D eigenvalue weighted by Gasteiger charge is -2.41. The molecule has 0 bridgehead atoms. The van der Waals surface area contributed by atoms with E-state index in [1.807, 2.05) is 68.4 Å². The number of methoxy groups -OCH3 is 2. The molecule has 1 unspecified atom stereocenters. The second-order valence-electron chi connectivity index (χ2n) is 38.0. The van der Waals surface area contributed by atoms with Crippen molar-refractivity contribution in [1.29, 1.82) is 0 Å². The summed E-state index contributed by atoms with van der Waals surface area (Å²) in [6.07, 6.45) is -5.66. The highest BCUT2D eigenvalue weighted by molar-refractivity contribution is 5.98. The standard InChI is InChI=1S/C102H159N15O25/c1-15-65(8)89(78(135-13)58-84(123)116-49-29-39-76(116)94(136-14)66(9)95(128)108-67(10)90(124)70-32-18-16-19-33-70)115(12)101(133)87(63(4)5)113-98(131)88(64(6)7)114(11)100(132)74(37-28-47-107-102(104)134)110-97(130)86(62(2)3)112-96(129)73(36-26-27-46-105-82(121)61-141-77-40-21-17-20-35-72(85(77)103)111-99-93(127)92(126)91(125)79(60-118)142-99)109-81(120)45-50-137-52-54-139-56-57-140-55-53-138-51-48-106-80(119)43-44-83(122)117-59-71-34-23-22-30-68(71)41-42-69-31-24-25-38-75(69)117/h16,18-19,22-25,30-34,38,62-67,73-74,76-79,86-94,99,111,118,124-127H,15,17,20-21,26-29,35-37,39-40,43-61,103H2,1-14H3,(H,105,121)(H,106,119)(H,108,128)(H,109,120)(H,110,130)(H,112,129)(H,113,131)(H3,104,107,134)/t65-,66+,67+,73+,74-,76-,77?,78+,79+,86-,87-,88-,89-,90+,91-,92-,93+,94+,99+/m0/s1. The Labute approximate surface area is 835 Å². The highest BCUT2D eigenvalue weighted by atomic mass is 16.6. The van der Waals surface area contributed by atoms with Gasteiger partial charge in [0.15, 0.2) is 6.23 Å². The number of amides is 13. The normalized spacial score (nSPS) is 20.1. The Morgan fingerprint density at radius 1 is 0.570 bits per heavy atom. The summed E-state index contributed by atoms with van der Waals surface area (Å²) in [6.45, 7) is 18.8. The van der Waals surface area contributed by atoms with E-state index in [2.05, 4.69) is 59.7 Å². The number of carbonyl (C=O) groups excluding carboxylic acids is 12. The fourth-order valence-electron chi connectivity index (χ4n) is 18.1. The molecule has 0 saturated carbocycles. The molecule has 0 radical (unpaired) electrons. The number of rotatable bonds is 60. The minimum atomic E-state index is -1.63. The van der Waals surface area contributed by atoms with Crippen LogP contribution in [0.5, 0.6) is 0 Å². The molecule has 18 N–H and O–H groups in total. The van der Waals surface area contributed by atoms with E-state index in [0.29, 0.717) is 75.0 Å². The molecule has 2 saturated heterocycles. The van der Waals surface area contributed by atoms with Gasteiger partial charge in [0.25, 0.3) is 0 Å². The van der Waals surface area contributed by atoms with Crippen molar-refractivity contribution in [1.82, 2.24) is 62.6 Å². The van der Waals surface area contributed by atoms with Gasteiger partial charge in [0, 0.05) is 90.6 Å². The van der Waals surface area contributed by atoms with Crippen molar-refractivity contribution in [2.75, 3.05) is 125 Å². The molecule has 40 nitrogen and oxygen atoms in total. The number of allylic oxidation sites excluding steroid dienone is 1. The van der Waals surface area contributed by atoms with Gasteiger partial charge in [-0.2, -0.15) is 0 Å². The summed E-state index contributed by atoms with van der Waals surface area (Å²) in [5.74, 6) is -2.21. The zero-order chi connectivity index (χ0) is 104. The van der Waals surface area contributed by atoms with E-state index in [4.69, 9.17) is 49.4 Å². The van der Waals surface area contributed by atoms with Gasteiger partial charge < -0.3 is 142 Å². The quantitative estimate of drug-likeness (QED) is 0.0285. The number of primary amides is 1. The lowest BCUT2D eigenvalue weighted by molar-refractivity contribution is -0.234. The third-order valence-electron chi connectivity index (χ3n) is 26.5. The zero-order valence-electron chi connectivity index (χ0n) is 85.2. The second kappa shape index (κ2) is 61.6. The first-order valence-corrected chi connectivity index (χ1v) is 50.0. The van der Waals surface area contributed by atoms with Crippen molar-refractivity contribution < 1.29 is 121 Å². The molecule has 19 atom stereocenters. The number of ether oxygens (including phenoxy) is 8. The van der Waals surface area contributed by atoms with E-state index < -0.39 is 188 Å². The molecule has 3 aromatic carbocycles. The maximum Gasteiger partial charge on any atom is 0.312 e. The number of hydrogen-bond donors (Lipinski definition) is 16. The molecule has 40 heteroatoms. The number of nitrogens with zero attached hydrogens (tertiary/aromatic N) is 4. The fourth-order valence-corrected chi connectivity index (χ4v) is 18.1. The predicted molar refractivity (Wildman–Crippen MR) is 529 cm³/mol. The molecule has 7 rings (SSSR count). The van der Waals surface area contributed by atoms with E-state index in [1.165, 1.54) is 31.1 Å².